The molecule has 17 heavy (non-hydrogen) atoms. The Bertz CT molecular complexity index is 326. The minimum Gasteiger partial charge on any atom is -0.397 e. The Hall–Kier alpha value is -1.25. The molecule has 3 heteroatoms. The fraction of sp³-hybridized carbons (Fsp3) is 0.571. The van der Waals surface area contributed by atoms with Crippen molar-refractivity contribution in [1.82, 2.24) is 0 Å². The van der Waals surface area contributed by atoms with Crippen molar-refractivity contribution in [2.24, 2.45) is 0 Å². The second-order valence-electron chi connectivity index (χ2n) is 4.43. The van der Waals surface area contributed by atoms with Crippen molar-refractivity contribution in [2.45, 2.75) is 45.4 Å². The van der Waals surface area contributed by atoms with Gasteiger partial charge in [-0.2, -0.15) is 0 Å². The predicted molar refractivity (Wildman–Crippen MR) is 72.7 cm³/mol. The molecular weight excluding hydrogens is 215 g/mol. The first-order valence-electron chi connectivity index (χ1n) is 6.53. The Morgan fingerprint density at radius 1 is 1.12 bits per heavy atom. The standard InChI is InChI=1S/C14H23FN2/c1-2-3-4-5-6-7-10-17-14-11-12(15)8-9-13(14)16/h8-9,11,17H,2-7,10,16H2,1H3. The largest absolute Gasteiger partial charge is 0.397 e. The van der Waals surface area contributed by atoms with Gasteiger partial charge in [0.15, 0.2) is 0 Å². The van der Waals surface area contributed by atoms with Gasteiger partial charge in [0.2, 0.25) is 0 Å². The molecule has 0 heterocycles. The number of hydrogen-bond donors (Lipinski definition) is 2. The maximum absolute atomic E-state index is 13.0. The maximum atomic E-state index is 13.0. The molecular formula is C14H23FN2. The van der Waals surface area contributed by atoms with E-state index < -0.39 is 0 Å². The molecule has 1 aromatic carbocycles. The van der Waals surface area contributed by atoms with E-state index in [1.165, 1.54) is 44.2 Å². The number of nitrogens with two attached hydrogens (primary N) is 1. The van der Waals surface area contributed by atoms with Gasteiger partial charge in [-0.25, -0.2) is 4.39 Å². The van der Waals surface area contributed by atoms with E-state index in [0.717, 1.165) is 13.0 Å². The van der Waals surface area contributed by atoms with Crippen LogP contribution in [0.25, 0.3) is 0 Å². The van der Waals surface area contributed by atoms with Gasteiger partial charge < -0.3 is 11.1 Å². The lowest BCUT2D eigenvalue weighted by Crippen LogP contribution is -2.04. The van der Waals surface area contributed by atoms with Crippen LogP contribution >= 0.6 is 0 Å². The Morgan fingerprint density at radius 2 is 1.82 bits per heavy atom. The molecule has 0 unspecified atom stereocenters. The molecule has 0 aliphatic carbocycles. The minimum atomic E-state index is -0.246. The summed E-state index contributed by atoms with van der Waals surface area (Å²) in [5.41, 5.74) is 7.06. The molecule has 0 bridgehead atoms. The summed E-state index contributed by atoms with van der Waals surface area (Å²) in [7, 11) is 0. The average Bonchev–Trinajstić information content (AvgIpc) is 2.32. The van der Waals surface area contributed by atoms with Crippen LogP contribution in [0.5, 0.6) is 0 Å². The highest BCUT2D eigenvalue weighted by molar-refractivity contribution is 5.65. The quantitative estimate of drug-likeness (QED) is 0.526. The highest BCUT2D eigenvalue weighted by Crippen LogP contribution is 2.19. The van der Waals surface area contributed by atoms with E-state index >= 15 is 0 Å². The van der Waals surface area contributed by atoms with Crippen molar-refractivity contribution < 1.29 is 4.39 Å². The molecule has 0 saturated heterocycles. The zero-order valence-corrected chi connectivity index (χ0v) is 10.6. The average molecular weight is 238 g/mol. The molecule has 0 atom stereocenters. The first-order valence-corrected chi connectivity index (χ1v) is 6.53. The minimum absolute atomic E-state index is 0.246. The summed E-state index contributed by atoms with van der Waals surface area (Å²) < 4.78 is 13.0. The highest BCUT2D eigenvalue weighted by Gasteiger charge is 1.99. The Labute approximate surface area is 103 Å². The fourth-order valence-corrected chi connectivity index (χ4v) is 1.81. The summed E-state index contributed by atoms with van der Waals surface area (Å²) >= 11 is 0. The molecule has 0 aromatic heterocycles. The van der Waals surface area contributed by atoms with E-state index in [1.807, 2.05) is 0 Å². The second-order valence-corrected chi connectivity index (χ2v) is 4.43. The molecule has 3 N–H and O–H groups in total. The van der Waals surface area contributed by atoms with Crippen LogP contribution in [0.15, 0.2) is 18.2 Å². The molecule has 1 aromatic rings. The molecule has 0 amide bonds. The number of benzene rings is 1. The number of unbranched alkanes of at least 4 members (excludes halogenated alkanes) is 5. The second kappa shape index (κ2) is 7.93. The highest BCUT2D eigenvalue weighted by atomic mass is 19.1. The van der Waals surface area contributed by atoms with Gasteiger partial charge in [-0.3, -0.25) is 0 Å². The molecule has 0 aliphatic heterocycles. The molecule has 0 aliphatic rings. The third-order valence-electron chi connectivity index (χ3n) is 2.86. The summed E-state index contributed by atoms with van der Waals surface area (Å²) in [6.45, 7) is 3.08. The molecule has 0 spiro atoms. The third kappa shape index (κ3) is 5.57. The zero-order valence-electron chi connectivity index (χ0n) is 10.6. The van der Waals surface area contributed by atoms with Gasteiger partial charge in [0.1, 0.15) is 5.82 Å². The molecule has 96 valence electrons. The maximum Gasteiger partial charge on any atom is 0.125 e. The van der Waals surface area contributed by atoms with Gasteiger partial charge in [-0.05, 0) is 24.6 Å². The van der Waals surface area contributed by atoms with Crippen LogP contribution in [0.1, 0.15) is 45.4 Å². The molecule has 0 saturated carbocycles. The van der Waals surface area contributed by atoms with Crippen LogP contribution in [0, 0.1) is 5.82 Å². The number of nitrogen functional groups attached to an aromatic ring is 1. The molecule has 0 radical (unpaired) electrons. The fourth-order valence-electron chi connectivity index (χ4n) is 1.81. The van der Waals surface area contributed by atoms with E-state index in [0.29, 0.717) is 11.4 Å². The van der Waals surface area contributed by atoms with Gasteiger partial charge in [0, 0.05) is 6.54 Å². The lowest BCUT2D eigenvalue weighted by molar-refractivity contribution is 0.616. The van der Waals surface area contributed by atoms with E-state index in [1.54, 1.807) is 6.07 Å². The Balaban J connectivity index is 2.15. The monoisotopic (exact) mass is 238 g/mol. The number of hydrogen-bond acceptors (Lipinski definition) is 2. The SMILES string of the molecule is CCCCCCCCNc1cc(F)ccc1N. The van der Waals surface area contributed by atoms with Gasteiger partial charge in [0.05, 0.1) is 11.4 Å². The van der Waals surface area contributed by atoms with Gasteiger partial charge in [0.25, 0.3) is 0 Å². The smallest absolute Gasteiger partial charge is 0.125 e. The third-order valence-corrected chi connectivity index (χ3v) is 2.86. The first-order chi connectivity index (χ1) is 8.24. The van der Waals surface area contributed by atoms with Crippen LogP contribution in [0.3, 0.4) is 0 Å². The van der Waals surface area contributed by atoms with Crippen LogP contribution in [0.4, 0.5) is 15.8 Å². The van der Waals surface area contributed by atoms with Gasteiger partial charge in [-0.15, -0.1) is 0 Å². The summed E-state index contributed by atoms with van der Waals surface area (Å²) in [5.74, 6) is -0.246. The Kier molecular flexibility index (Phi) is 6.45. The van der Waals surface area contributed by atoms with Crippen LogP contribution in [0.2, 0.25) is 0 Å². The van der Waals surface area contributed by atoms with Crippen LogP contribution < -0.4 is 11.1 Å². The summed E-state index contributed by atoms with van der Waals surface area (Å²) in [6, 6.07) is 4.43. The number of rotatable bonds is 8. The predicted octanol–water partition coefficient (Wildman–Crippen LogP) is 4.18. The number of anilines is 2. The first kappa shape index (κ1) is 13.8. The topological polar surface area (TPSA) is 38.0 Å². The normalized spacial score (nSPS) is 10.5. The molecule has 1 rings (SSSR count). The van der Waals surface area contributed by atoms with Crippen molar-refractivity contribution in [2.75, 3.05) is 17.6 Å². The summed E-state index contributed by atoms with van der Waals surface area (Å²) in [4.78, 5) is 0. The van der Waals surface area contributed by atoms with Gasteiger partial charge >= 0.3 is 0 Å². The van der Waals surface area contributed by atoms with E-state index in [-0.39, 0.29) is 5.82 Å². The van der Waals surface area contributed by atoms with Crippen molar-refractivity contribution in [3.05, 3.63) is 24.0 Å². The van der Waals surface area contributed by atoms with Crippen LogP contribution in [-0.2, 0) is 0 Å². The summed E-state index contributed by atoms with van der Waals surface area (Å²) in [6.07, 6.45) is 7.54. The number of halogens is 1. The van der Waals surface area contributed by atoms with Crippen molar-refractivity contribution in [1.29, 1.82) is 0 Å². The lowest BCUT2D eigenvalue weighted by Gasteiger charge is -2.09. The summed E-state index contributed by atoms with van der Waals surface area (Å²) in [5, 5.41) is 3.18. The van der Waals surface area contributed by atoms with Crippen molar-refractivity contribution in [3.8, 4) is 0 Å². The van der Waals surface area contributed by atoms with Gasteiger partial charge in [-0.1, -0.05) is 39.0 Å². The van der Waals surface area contributed by atoms with Crippen molar-refractivity contribution >= 4 is 11.4 Å². The molecule has 0 fully saturated rings. The van der Waals surface area contributed by atoms with Crippen molar-refractivity contribution in [3.63, 3.8) is 0 Å². The Morgan fingerprint density at radius 3 is 2.59 bits per heavy atom. The zero-order chi connectivity index (χ0) is 12.5. The lowest BCUT2D eigenvalue weighted by atomic mass is 10.1. The number of nitrogens with one attached hydrogen (secondary N) is 1. The van der Waals surface area contributed by atoms with E-state index in [2.05, 4.69) is 12.2 Å². The molecule has 2 nitrogen and oxygen atoms in total. The van der Waals surface area contributed by atoms with E-state index in [4.69, 9.17) is 5.73 Å². The van der Waals surface area contributed by atoms with E-state index in [9.17, 15) is 4.39 Å². The van der Waals surface area contributed by atoms with Crippen LogP contribution in [-0.4, -0.2) is 6.54 Å².